The van der Waals surface area contributed by atoms with Crippen LogP contribution in [0.2, 0.25) is 5.02 Å². The Balaban J connectivity index is 0.000000513. The monoisotopic (exact) mass is 427 g/mol. The molecule has 2 aliphatic heterocycles. The molecule has 8 nitrogen and oxygen atoms in total. The molecule has 0 spiro atoms. The topological polar surface area (TPSA) is 95.1 Å². The van der Waals surface area contributed by atoms with Crippen molar-refractivity contribution in [1.82, 2.24) is 21.1 Å². The molecule has 1 atom stereocenters. The van der Waals surface area contributed by atoms with Crippen LogP contribution in [0.5, 0.6) is 0 Å². The van der Waals surface area contributed by atoms with E-state index in [-0.39, 0.29) is 12.1 Å². The molecule has 29 heavy (non-hydrogen) atoms. The first-order valence-corrected chi connectivity index (χ1v) is 10.2. The van der Waals surface area contributed by atoms with Crippen LogP contribution in [0, 0.1) is 4.91 Å². The molecular weight excluding hydrogens is 394 g/mol. The molecule has 0 aliphatic carbocycles. The molecule has 9 heteroatoms. The van der Waals surface area contributed by atoms with Gasteiger partial charge in [0.2, 0.25) is 0 Å². The van der Waals surface area contributed by atoms with E-state index in [4.69, 9.17) is 16.3 Å². The maximum absolute atomic E-state index is 11.2. The standard InChI is InChI=1S/C10H18N4O2.C6H4ClNO.2C2H6/c1-14(2)10(15)16-6-8-3-9-7(4-11-8)5-12-13-9;7-5-1-3-6(8-9)4-2-5;2*1-2/h8,11-13H,3-6H2,1-2H3;1-4H;2*1-2H3. The van der Waals surface area contributed by atoms with Crippen LogP contribution < -0.4 is 16.2 Å². The molecule has 0 aromatic heterocycles. The first kappa shape index (κ1) is 26.8. The fourth-order valence-corrected chi connectivity index (χ4v) is 2.45. The number of rotatable bonds is 3. The van der Waals surface area contributed by atoms with Crippen molar-refractivity contribution >= 4 is 23.4 Å². The lowest BCUT2D eigenvalue weighted by atomic mass is 10.0. The van der Waals surface area contributed by atoms with E-state index < -0.39 is 0 Å². The van der Waals surface area contributed by atoms with Gasteiger partial charge in [-0.15, -0.1) is 4.91 Å². The van der Waals surface area contributed by atoms with Crippen molar-refractivity contribution in [1.29, 1.82) is 0 Å². The summed E-state index contributed by atoms with van der Waals surface area (Å²) in [4.78, 5) is 22.5. The Morgan fingerprint density at radius 3 is 2.34 bits per heavy atom. The summed E-state index contributed by atoms with van der Waals surface area (Å²) in [5, 5.41) is 6.67. The van der Waals surface area contributed by atoms with Crippen molar-refractivity contribution in [2.75, 3.05) is 33.8 Å². The summed E-state index contributed by atoms with van der Waals surface area (Å²) in [6.45, 7) is 10.2. The second-order valence-corrected chi connectivity index (χ2v) is 6.32. The van der Waals surface area contributed by atoms with Gasteiger partial charge in [0.05, 0.1) is 0 Å². The SMILES string of the molecule is CC.CC.CN(C)C(=O)OCC1CC2=C(CNN2)CN1.O=Nc1ccc(Cl)cc1. The molecule has 1 amide bonds. The summed E-state index contributed by atoms with van der Waals surface area (Å²) < 4.78 is 5.15. The van der Waals surface area contributed by atoms with E-state index in [9.17, 15) is 9.70 Å². The Kier molecular flexibility index (Phi) is 14.6. The number of hydrogen-bond donors (Lipinski definition) is 3. The van der Waals surface area contributed by atoms with E-state index in [1.165, 1.54) is 16.2 Å². The van der Waals surface area contributed by atoms with E-state index in [0.717, 1.165) is 19.5 Å². The van der Waals surface area contributed by atoms with Gasteiger partial charge in [0, 0.05) is 50.4 Å². The average Bonchev–Trinajstić information content (AvgIpc) is 3.23. The highest BCUT2D eigenvalue weighted by molar-refractivity contribution is 6.30. The quantitative estimate of drug-likeness (QED) is 0.626. The summed E-state index contributed by atoms with van der Waals surface area (Å²) in [6.07, 6.45) is 0.586. The number of hydrazine groups is 1. The van der Waals surface area contributed by atoms with E-state index >= 15 is 0 Å². The number of ether oxygens (including phenoxy) is 1. The molecule has 2 aliphatic rings. The Morgan fingerprint density at radius 1 is 1.17 bits per heavy atom. The van der Waals surface area contributed by atoms with E-state index in [2.05, 4.69) is 21.3 Å². The third kappa shape index (κ3) is 10.3. The molecule has 0 bridgehead atoms. The lowest BCUT2D eigenvalue weighted by molar-refractivity contribution is 0.107. The van der Waals surface area contributed by atoms with Crippen LogP contribution in [0.3, 0.4) is 0 Å². The summed E-state index contributed by atoms with van der Waals surface area (Å²) in [5.74, 6) is 0. The van der Waals surface area contributed by atoms with Crippen LogP contribution in [-0.2, 0) is 4.74 Å². The minimum absolute atomic E-state index is 0.204. The molecule has 0 fully saturated rings. The number of nitrogens with one attached hydrogen (secondary N) is 3. The van der Waals surface area contributed by atoms with Gasteiger partial charge in [0.15, 0.2) is 0 Å². The molecular formula is C20H34ClN5O3. The largest absolute Gasteiger partial charge is 0.448 e. The highest BCUT2D eigenvalue weighted by Gasteiger charge is 2.24. The summed E-state index contributed by atoms with van der Waals surface area (Å²) in [6, 6.07) is 6.58. The smallest absolute Gasteiger partial charge is 0.409 e. The number of nitroso groups, excluding NO2 is 1. The van der Waals surface area contributed by atoms with Crippen LogP contribution in [0.15, 0.2) is 40.7 Å². The van der Waals surface area contributed by atoms with Crippen molar-refractivity contribution in [3.63, 3.8) is 0 Å². The van der Waals surface area contributed by atoms with Gasteiger partial charge < -0.3 is 20.4 Å². The molecule has 2 heterocycles. The first-order valence-electron chi connectivity index (χ1n) is 9.85. The lowest BCUT2D eigenvalue weighted by Gasteiger charge is -2.25. The van der Waals surface area contributed by atoms with Crippen LogP contribution in [0.4, 0.5) is 10.5 Å². The highest BCUT2D eigenvalue weighted by Crippen LogP contribution is 2.17. The maximum atomic E-state index is 11.2. The van der Waals surface area contributed by atoms with Crippen molar-refractivity contribution in [2.45, 2.75) is 40.2 Å². The molecule has 1 unspecified atom stereocenters. The third-order valence-corrected chi connectivity index (χ3v) is 3.98. The maximum Gasteiger partial charge on any atom is 0.409 e. The number of nitrogens with zero attached hydrogens (tertiary/aromatic N) is 2. The highest BCUT2D eigenvalue weighted by atomic mass is 35.5. The molecule has 0 radical (unpaired) electrons. The van der Waals surface area contributed by atoms with Gasteiger partial charge >= 0.3 is 6.09 Å². The summed E-state index contributed by atoms with van der Waals surface area (Å²) in [7, 11) is 3.36. The van der Waals surface area contributed by atoms with Gasteiger partial charge in [0.25, 0.3) is 0 Å². The number of halogens is 1. The zero-order valence-electron chi connectivity index (χ0n) is 18.2. The van der Waals surface area contributed by atoms with Crippen molar-refractivity contribution in [3.05, 3.63) is 45.5 Å². The van der Waals surface area contributed by atoms with E-state index in [0.29, 0.717) is 17.3 Å². The number of amides is 1. The van der Waals surface area contributed by atoms with Gasteiger partial charge in [-0.2, -0.15) is 0 Å². The second-order valence-electron chi connectivity index (χ2n) is 5.88. The normalized spacial score (nSPS) is 16.3. The van der Waals surface area contributed by atoms with Crippen molar-refractivity contribution in [3.8, 4) is 0 Å². The molecule has 1 aromatic carbocycles. The Morgan fingerprint density at radius 2 is 1.79 bits per heavy atom. The second kappa shape index (κ2) is 15.7. The van der Waals surface area contributed by atoms with Gasteiger partial charge in [-0.25, -0.2) is 10.2 Å². The Labute approximate surface area is 179 Å². The molecule has 3 rings (SSSR count). The van der Waals surface area contributed by atoms with Gasteiger partial charge in [-0.05, 0) is 35.0 Å². The average molecular weight is 428 g/mol. The third-order valence-electron chi connectivity index (χ3n) is 3.73. The fourth-order valence-electron chi connectivity index (χ4n) is 2.32. The predicted molar refractivity (Wildman–Crippen MR) is 119 cm³/mol. The number of carbonyl (C=O) groups is 1. The predicted octanol–water partition coefficient (Wildman–Crippen LogP) is 4.20. The first-order chi connectivity index (χ1) is 14.0. The van der Waals surface area contributed by atoms with Crippen LogP contribution in [0.25, 0.3) is 0 Å². The van der Waals surface area contributed by atoms with E-state index in [1.807, 2.05) is 27.7 Å². The zero-order chi connectivity index (χ0) is 22.2. The molecule has 0 saturated carbocycles. The molecule has 164 valence electrons. The fraction of sp³-hybridized carbons (Fsp3) is 0.550. The van der Waals surface area contributed by atoms with Crippen LogP contribution in [-0.4, -0.2) is 50.8 Å². The number of carbonyl (C=O) groups excluding carboxylic acids is 1. The number of hydrogen-bond acceptors (Lipinski definition) is 7. The molecule has 1 aromatic rings. The van der Waals surface area contributed by atoms with Crippen molar-refractivity contribution < 1.29 is 9.53 Å². The van der Waals surface area contributed by atoms with Crippen LogP contribution >= 0.6 is 11.6 Å². The lowest BCUT2D eigenvalue weighted by Crippen LogP contribution is -2.41. The minimum atomic E-state index is -0.293. The number of benzene rings is 1. The summed E-state index contributed by atoms with van der Waals surface area (Å²) >= 11 is 5.52. The molecule has 0 saturated heterocycles. The Bertz CT molecular complexity index is 636. The Hall–Kier alpha value is -2.16. The van der Waals surface area contributed by atoms with E-state index in [1.54, 1.807) is 38.4 Å². The molecule has 3 N–H and O–H groups in total. The zero-order valence-corrected chi connectivity index (χ0v) is 19.0. The summed E-state index contributed by atoms with van der Waals surface area (Å²) in [5.41, 5.74) is 9.24. The van der Waals surface area contributed by atoms with Crippen LogP contribution in [0.1, 0.15) is 34.1 Å². The van der Waals surface area contributed by atoms with Crippen molar-refractivity contribution in [2.24, 2.45) is 5.18 Å². The van der Waals surface area contributed by atoms with Gasteiger partial charge in [-0.1, -0.05) is 39.3 Å². The van der Waals surface area contributed by atoms with Gasteiger partial charge in [0.1, 0.15) is 12.3 Å². The minimum Gasteiger partial charge on any atom is -0.448 e. The van der Waals surface area contributed by atoms with Gasteiger partial charge in [-0.3, -0.25) is 0 Å².